The number of carbonyl (C=O) groups is 1. The summed E-state index contributed by atoms with van der Waals surface area (Å²) < 4.78 is 17.0. The monoisotopic (exact) mass is 394 g/mol. The molecule has 0 fully saturated rings. The number of rotatable bonds is 5. The number of nitrogens with zero attached hydrogens (tertiary/aromatic N) is 3. The van der Waals surface area contributed by atoms with Gasteiger partial charge in [0.25, 0.3) is 11.1 Å². The van der Waals surface area contributed by atoms with Crippen molar-refractivity contribution < 1.29 is 18.7 Å². The summed E-state index contributed by atoms with van der Waals surface area (Å²) in [5.74, 6) is 1.42. The van der Waals surface area contributed by atoms with E-state index in [0.717, 1.165) is 11.8 Å². The summed E-state index contributed by atoms with van der Waals surface area (Å²) in [5, 5.41) is 19.8. The molecule has 1 atom stereocenters. The van der Waals surface area contributed by atoms with E-state index in [9.17, 15) is 4.79 Å². The lowest BCUT2D eigenvalue weighted by Crippen LogP contribution is -2.21. The summed E-state index contributed by atoms with van der Waals surface area (Å²) in [6.45, 7) is 0.263. The Labute approximate surface area is 164 Å². The van der Waals surface area contributed by atoms with Crippen LogP contribution in [-0.4, -0.2) is 28.5 Å². The average molecular weight is 394 g/mol. The molecule has 2 heterocycles. The van der Waals surface area contributed by atoms with E-state index >= 15 is 0 Å². The van der Waals surface area contributed by atoms with Crippen LogP contribution in [0.25, 0.3) is 0 Å². The Kier molecular flexibility index (Phi) is 5.12. The van der Waals surface area contributed by atoms with Crippen LogP contribution in [0.3, 0.4) is 0 Å². The molecule has 1 N–H and O–H groups in total. The normalized spacial score (nSPS) is 14.9. The standard InChI is InChI=1S/C19H14N4O4S/c20-9-12-4-3-5-13(8-12)21-17(24)11-28-19-23-22-18(27-19)16-10-25-14-6-1-2-7-15(14)26-16/h1-8,16H,10-11H2,(H,21,24)/t16-/m0/s1. The molecule has 0 bridgehead atoms. The second kappa shape index (κ2) is 8.02. The summed E-state index contributed by atoms with van der Waals surface area (Å²) in [6.07, 6.45) is -0.501. The van der Waals surface area contributed by atoms with Crippen LogP contribution in [0.1, 0.15) is 17.6 Å². The minimum Gasteiger partial charge on any atom is -0.485 e. The summed E-state index contributed by atoms with van der Waals surface area (Å²) >= 11 is 1.11. The first-order valence-electron chi connectivity index (χ1n) is 8.36. The first-order chi connectivity index (χ1) is 13.7. The van der Waals surface area contributed by atoms with Crippen molar-refractivity contribution in [3.05, 3.63) is 60.0 Å². The topological polar surface area (TPSA) is 110 Å². The molecule has 3 aromatic rings. The number of nitrogens with one attached hydrogen (secondary N) is 1. The van der Waals surface area contributed by atoms with E-state index in [1.807, 2.05) is 24.3 Å². The highest BCUT2D eigenvalue weighted by atomic mass is 32.2. The van der Waals surface area contributed by atoms with Crippen LogP contribution in [0.15, 0.2) is 58.2 Å². The van der Waals surface area contributed by atoms with E-state index < -0.39 is 6.10 Å². The maximum absolute atomic E-state index is 12.1. The number of amides is 1. The largest absolute Gasteiger partial charge is 0.485 e. The molecule has 4 rings (SSSR count). The van der Waals surface area contributed by atoms with Gasteiger partial charge in [-0.05, 0) is 30.3 Å². The van der Waals surface area contributed by atoms with E-state index in [1.54, 1.807) is 30.3 Å². The Morgan fingerprint density at radius 2 is 2.07 bits per heavy atom. The van der Waals surface area contributed by atoms with Gasteiger partial charge in [0, 0.05) is 5.69 Å². The van der Waals surface area contributed by atoms with Crippen LogP contribution in [0.4, 0.5) is 5.69 Å². The highest BCUT2D eigenvalue weighted by Crippen LogP contribution is 2.35. The molecule has 0 spiro atoms. The van der Waals surface area contributed by atoms with Crippen LogP contribution in [-0.2, 0) is 4.79 Å². The van der Waals surface area contributed by atoms with Crippen LogP contribution in [0.5, 0.6) is 11.5 Å². The van der Waals surface area contributed by atoms with Gasteiger partial charge >= 0.3 is 0 Å². The van der Waals surface area contributed by atoms with E-state index in [2.05, 4.69) is 15.5 Å². The van der Waals surface area contributed by atoms with Crippen molar-refractivity contribution in [2.75, 3.05) is 17.7 Å². The Morgan fingerprint density at radius 1 is 1.21 bits per heavy atom. The molecule has 0 saturated heterocycles. The maximum atomic E-state index is 12.1. The fourth-order valence-corrected chi connectivity index (χ4v) is 3.11. The zero-order valence-electron chi connectivity index (χ0n) is 14.5. The molecule has 1 aliphatic rings. The van der Waals surface area contributed by atoms with Gasteiger partial charge in [-0.2, -0.15) is 5.26 Å². The number of hydrogen-bond donors (Lipinski definition) is 1. The molecule has 0 radical (unpaired) electrons. The molecule has 28 heavy (non-hydrogen) atoms. The van der Waals surface area contributed by atoms with Crippen LogP contribution < -0.4 is 14.8 Å². The van der Waals surface area contributed by atoms with Crippen molar-refractivity contribution in [3.8, 4) is 17.6 Å². The van der Waals surface area contributed by atoms with E-state index in [0.29, 0.717) is 28.6 Å². The molecule has 9 heteroatoms. The van der Waals surface area contributed by atoms with Crippen molar-refractivity contribution >= 4 is 23.4 Å². The van der Waals surface area contributed by atoms with Gasteiger partial charge in [-0.15, -0.1) is 10.2 Å². The summed E-state index contributed by atoms with van der Waals surface area (Å²) in [4.78, 5) is 12.1. The third-order valence-corrected chi connectivity index (χ3v) is 4.63. The zero-order valence-corrected chi connectivity index (χ0v) is 15.3. The molecule has 0 saturated carbocycles. The lowest BCUT2D eigenvalue weighted by Gasteiger charge is -2.23. The molecular formula is C19H14N4O4S. The van der Waals surface area contributed by atoms with Gasteiger partial charge in [-0.3, -0.25) is 4.79 Å². The number of hydrogen-bond acceptors (Lipinski definition) is 8. The first-order valence-corrected chi connectivity index (χ1v) is 9.34. The fourth-order valence-electron chi connectivity index (χ4n) is 2.54. The van der Waals surface area contributed by atoms with Gasteiger partial charge in [0.05, 0.1) is 17.4 Å². The average Bonchev–Trinajstić information content (AvgIpc) is 3.21. The number of fused-ring (bicyclic) bond motifs is 1. The summed E-state index contributed by atoms with van der Waals surface area (Å²) in [7, 11) is 0. The van der Waals surface area contributed by atoms with Crippen LogP contribution in [0.2, 0.25) is 0 Å². The van der Waals surface area contributed by atoms with Crippen molar-refractivity contribution in [1.82, 2.24) is 10.2 Å². The molecule has 2 aromatic carbocycles. The number of carbonyl (C=O) groups excluding carboxylic acids is 1. The van der Waals surface area contributed by atoms with Crippen molar-refractivity contribution in [2.45, 2.75) is 11.3 Å². The lowest BCUT2D eigenvalue weighted by atomic mass is 10.2. The quantitative estimate of drug-likeness (QED) is 0.657. The smallest absolute Gasteiger partial charge is 0.277 e. The Morgan fingerprint density at radius 3 is 2.93 bits per heavy atom. The van der Waals surface area contributed by atoms with Gasteiger partial charge in [-0.1, -0.05) is 30.0 Å². The molecule has 1 aliphatic heterocycles. The van der Waals surface area contributed by atoms with Gasteiger partial charge in [0.2, 0.25) is 12.0 Å². The van der Waals surface area contributed by atoms with Crippen LogP contribution >= 0.6 is 11.8 Å². The number of para-hydroxylation sites is 2. The lowest BCUT2D eigenvalue weighted by molar-refractivity contribution is -0.113. The number of nitriles is 1. The van der Waals surface area contributed by atoms with Gasteiger partial charge < -0.3 is 19.2 Å². The molecule has 0 aliphatic carbocycles. The minimum absolute atomic E-state index is 0.0866. The Hall–Kier alpha value is -3.51. The Bertz CT molecular complexity index is 1050. The summed E-state index contributed by atoms with van der Waals surface area (Å²) in [6, 6.07) is 16.1. The second-order valence-corrected chi connectivity index (χ2v) is 6.73. The predicted octanol–water partition coefficient (Wildman–Crippen LogP) is 3.18. The van der Waals surface area contributed by atoms with Gasteiger partial charge in [-0.25, -0.2) is 0 Å². The highest BCUT2D eigenvalue weighted by Gasteiger charge is 2.27. The predicted molar refractivity (Wildman–Crippen MR) is 100 cm³/mol. The second-order valence-electron chi connectivity index (χ2n) is 5.80. The van der Waals surface area contributed by atoms with Gasteiger partial charge in [0.1, 0.15) is 6.61 Å². The fraction of sp³-hybridized carbons (Fsp3) is 0.158. The number of aromatic nitrogens is 2. The molecule has 1 aromatic heterocycles. The number of thioether (sulfide) groups is 1. The molecule has 0 unspecified atom stereocenters. The zero-order chi connectivity index (χ0) is 19.3. The van der Waals surface area contributed by atoms with Gasteiger partial charge in [0.15, 0.2) is 11.5 Å². The van der Waals surface area contributed by atoms with E-state index in [1.165, 1.54) is 0 Å². The van der Waals surface area contributed by atoms with E-state index in [-0.39, 0.29) is 23.5 Å². The summed E-state index contributed by atoms with van der Waals surface area (Å²) in [5.41, 5.74) is 1.03. The highest BCUT2D eigenvalue weighted by molar-refractivity contribution is 7.99. The van der Waals surface area contributed by atoms with Crippen molar-refractivity contribution in [3.63, 3.8) is 0 Å². The molecular weight excluding hydrogens is 380 g/mol. The number of anilines is 1. The molecule has 8 nitrogen and oxygen atoms in total. The number of ether oxygens (including phenoxy) is 2. The molecule has 1 amide bonds. The maximum Gasteiger partial charge on any atom is 0.277 e. The number of benzene rings is 2. The third kappa shape index (κ3) is 4.07. The Balaban J connectivity index is 1.33. The third-order valence-electron chi connectivity index (χ3n) is 3.81. The van der Waals surface area contributed by atoms with Crippen LogP contribution in [0, 0.1) is 11.3 Å². The van der Waals surface area contributed by atoms with E-state index in [4.69, 9.17) is 19.2 Å². The first kappa shape index (κ1) is 17.9. The minimum atomic E-state index is -0.501. The molecule has 140 valence electrons. The SMILES string of the molecule is N#Cc1cccc(NC(=O)CSc2nnc([C@@H]3COc4ccccc4O3)o2)c1. The van der Waals surface area contributed by atoms with Crippen molar-refractivity contribution in [1.29, 1.82) is 5.26 Å². The van der Waals surface area contributed by atoms with Crippen molar-refractivity contribution in [2.24, 2.45) is 0 Å².